The molecule has 5 nitrogen and oxygen atoms in total. The molecule has 1 heterocycles. The molecular formula is C24H26N2O3. The summed E-state index contributed by atoms with van der Waals surface area (Å²) in [5.41, 5.74) is 1.89. The molecule has 29 heavy (non-hydrogen) atoms. The summed E-state index contributed by atoms with van der Waals surface area (Å²) < 4.78 is 0. The molecule has 1 saturated carbocycles. The van der Waals surface area contributed by atoms with E-state index in [1.165, 1.54) is 5.56 Å². The van der Waals surface area contributed by atoms with Crippen molar-refractivity contribution in [1.82, 2.24) is 9.80 Å². The molecule has 2 atom stereocenters. The van der Waals surface area contributed by atoms with Gasteiger partial charge >= 0.3 is 0 Å². The lowest BCUT2D eigenvalue weighted by Gasteiger charge is -2.35. The van der Waals surface area contributed by atoms with Crippen LogP contribution in [-0.2, 0) is 9.59 Å². The topological polar surface area (TPSA) is 57.7 Å². The average molecular weight is 390 g/mol. The molecule has 0 N–H and O–H groups in total. The predicted molar refractivity (Wildman–Crippen MR) is 110 cm³/mol. The van der Waals surface area contributed by atoms with E-state index in [0.717, 1.165) is 6.42 Å². The van der Waals surface area contributed by atoms with Crippen LogP contribution in [0.4, 0.5) is 0 Å². The first-order valence-corrected chi connectivity index (χ1v) is 10.3. The number of benzene rings is 2. The highest BCUT2D eigenvalue weighted by molar-refractivity contribution is 5.97. The number of rotatable bonds is 6. The molecule has 0 bridgehead atoms. The van der Waals surface area contributed by atoms with E-state index in [-0.39, 0.29) is 36.4 Å². The van der Waals surface area contributed by atoms with Gasteiger partial charge in [-0.3, -0.25) is 14.4 Å². The van der Waals surface area contributed by atoms with Gasteiger partial charge in [0, 0.05) is 50.5 Å². The van der Waals surface area contributed by atoms with E-state index >= 15 is 0 Å². The summed E-state index contributed by atoms with van der Waals surface area (Å²) in [4.78, 5) is 41.1. The van der Waals surface area contributed by atoms with Gasteiger partial charge in [0.25, 0.3) is 0 Å². The van der Waals surface area contributed by atoms with Crippen molar-refractivity contribution in [2.24, 2.45) is 5.92 Å². The van der Waals surface area contributed by atoms with Crippen molar-refractivity contribution in [3.63, 3.8) is 0 Å². The Hall–Kier alpha value is -2.95. The highest BCUT2D eigenvalue weighted by Crippen LogP contribution is 2.48. The summed E-state index contributed by atoms with van der Waals surface area (Å²) in [6.07, 6.45) is 1.37. The molecule has 2 aromatic rings. The van der Waals surface area contributed by atoms with Crippen molar-refractivity contribution in [3.8, 4) is 0 Å². The van der Waals surface area contributed by atoms with Crippen LogP contribution in [0.3, 0.4) is 0 Å². The highest BCUT2D eigenvalue weighted by atomic mass is 16.2. The molecule has 0 spiro atoms. The molecule has 4 rings (SSSR count). The van der Waals surface area contributed by atoms with Crippen molar-refractivity contribution < 1.29 is 14.4 Å². The molecule has 150 valence electrons. The Bertz CT molecular complexity index is 874. The van der Waals surface area contributed by atoms with Gasteiger partial charge in [-0.05, 0) is 17.9 Å². The number of ketones is 1. The third-order valence-electron chi connectivity index (χ3n) is 5.94. The van der Waals surface area contributed by atoms with Crippen LogP contribution in [0.15, 0.2) is 60.7 Å². The van der Waals surface area contributed by atoms with E-state index in [0.29, 0.717) is 37.7 Å². The smallest absolute Gasteiger partial charge is 0.226 e. The van der Waals surface area contributed by atoms with Crippen molar-refractivity contribution in [2.75, 3.05) is 26.2 Å². The van der Waals surface area contributed by atoms with Gasteiger partial charge in [0.1, 0.15) is 0 Å². The van der Waals surface area contributed by atoms with Crippen LogP contribution in [0.1, 0.15) is 41.1 Å². The minimum Gasteiger partial charge on any atom is -0.339 e. The average Bonchev–Trinajstić information content (AvgIpc) is 3.59. The number of amides is 2. The molecule has 2 amide bonds. The van der Waals surface area contributed by atoms with E-state index in [4.69, 9.17) is 0 Å². The van der Waals surface area contributed by atoms with E-state index in [1.54, 1.807) is 17.0 Å². The summed E-state index contributed by atoms with van der Waals surface area (Å²) in [6.45, 7) is 2.25. The minimum absolute atomic E-state index is 0.00466. The lowest BCUT2D eigenvalue weighted by Crippen LogP contribution is -2.51. The zero-order chi connectivity index (χ0) is 20.2. The molecule has 2 unspecified atom stereocenters. The van der Waals surface area contributed by atoms with Crippen LogP contribution < -0.4 is 0 Å². The second-order valence-electron chi connectivity index (χ2n) is 7.85. The number of hydrogen-bond donors (Lipinski definition) is 0. The molecule has 2 fully saturated rings. The third kappa shape index (κ3) is 4.56. The molecule has 1 saturated heterocycles. The monoisotopic (exact) mass is 390 g/mol. The largest absolute Gasteiger partial charge is 0.339 e. The molecular weight excluding hydrogens is 364 g/mol. The maximum absolute atomic E-state index is 12.8. The predicted octanol–water partition coefficient (Wildman–Crippen LogP) is 3.12. The zero-order valence-corrected chi connectivity index (χ0v) is 16.5. The van der Waals surface area contributed by atoms with E-state index < -0.39 is 0 Å². The summed E-state index contributed by atoms with van der Waals surface area (Å²) in [7, 11) is 0. The van der Waals surface area contributed by atoms with E-state index in [9.17, 15) is 14.4 Å². The number of nitrogens with zero attached hydrogens (tertiary/aromatic N) is 2. The molecule has 1 aliphatic carbocycles. The SMILES string of the molecule is O=C(CCC(=O)N1CCN(C(=O)C2CC2c2ccccc2)CC1)c1ccccc1. The first-order valence-electron chi connectivity index (χ1n) is 10.3. The van der Waals surface area contributed by atoms with Crippen LogP contribution >= 0.6 is 0 Å². The Morgan fingerprint density at radius 1 is 0.759 bits per heavy atom. The zero-order valence-electron chi connectivity index (χ0n) is 16.5. The summed E-state index contributed by atoms with van der Waals surface area (Å²) in [5.74, 6) is 0.629. The first kappa shape index (κ1) is 19.4. The van der Waals surface area contributed by atoms with Gasteiger partial charge in [-0.1, -0.05) is 60.7 Å². The van der Waals surface area contributed by atoms with Crippen LogP contribution in [0.25, 0.3) is 0 Å². The minimum atomic E-state index is -0.00606. The maximum Gasteiger partial charge on any atom is 0.226 e. The molecule has 1 aliphatic heterocycles. The quantitative estimate of drug-likeness (QED) is 0.712. The van der Waals surface area contributed by atoms with Crippen LogP contribution in [0, 0.1) is 5.92 Å². The standard InChI is InChI=1S/C24H26N2O3/c27-22(19-9-5-2-6-10-19)11-12-23(28)25-13-15-26(16-14-25)24(29)21-17-20(21)18-7-3-1-4-8-18/h1-10,20-21H,11-17H2. The Kier molecular flexibility index (Phi) is 5.74. The Morgan fingerprint density at radius 2 is 1.34 bits per heavy atom. The lowest BCUT2D eigenvalue weighted by atomic mass is 10.1. The fraction of sp³-hybridized carbons (Fsp3) is 0.375. The van der Waals surface area contributed by atoms with Gasteiger partial charge in [0.05, 0.1) is 0 Å². The van der Waals surface area contributed by atoms with Gasteiger partial charge in [0.2, 0.25) is 11.8 Å². The van der Waals surface area contributed by atoms with Crippen molar-refractivity contribution in [2.45, 2.75) is 25.2 Å². The Balaban J connectivity index is 1.22. The Labute approximate surface area is 171 Å². The molecule has 2 aliphatic rings. The van der Waals surface area contributed by atoms with Gasteiger partial charge in [-0.25, -0.2) is 0 Å². The third-order valence-corrected chi connectivity index (χ3v) is 5.94. The van der Waals surface area contributed by atoms with Crippen LogP contribution in [0.5, 0.6) is 0 Å². The Morgan fingerprint density at radius 3 is 2.00 bits per heavy atom. The normalized spacial score (nSPS) is 21.0. The number of piperazine rings is 1. The summed E-state index contributed by atoms with van der Waals surface area (Å²) >= 11 is 0. The summed E-state index contributed by atoms with van der Waals surface area (Å²) in [6, 6.07) is 19.3. The fourth-order valence-corrected chi connectivity index (χ4v) is 4.09. The lowest BCUT2D eigenvalue weighted by molar-refractivity contribution is -0.140. The van der Waals surface area contributed by atoms with Crippen molar-refractivity contribution in [1.29, 1.82) is 0 Å². The van der Waals surface area contributed by atoms with E-state index in [2.05, 4.69) is 12.1 Å². The molecule has 2 aromatic carbocycles. The molecule has 0 aromatic heterocycles. The first-order chi connectivity index (χ1) is 14.1. The summed E-state index contributed by atoms with van der Waals surface area (Å²) in [5, 5.41) is 0. The molecule has 0 radical (unpaired) electrons. The van der Waals surface area contributed by atoms with Crippen molar-refractivity contribution in [3.05, 3.63) is 71.8 Å². The van der Waals surface area contributed by atoms with Gasteiger partial charge < -0.3 is 9.80 Å². The van der Waals surface area contributed by atoms with Gasteiger partial charge in [-0.2, -0.15) is 0 Å². The highest BCUT2D eigenvalue weighted by Gasteiger charge is 2.46. The second-order valence-corrected chi connectivity index (χ2v) is 7.85. The van der Waals surface area contributed by atoms with Crippen LogP contribution in [0.2, 0.25) is 0 Å². The second kappa shape index (κ2) is 8.60. The number of carbonyl (C=O) groups excluding carboxylic acids is 3. The van der Waals surface area contributed by atoms with E-state index in [1.807, 2.05) is 41.3 Å². The van der Waals surface area contributed by atoms with Gasteiger partial charge in [0.15, 0.2) is 5.78 Å². The number of Topliss-reactive ketones (excluding diaryl/α,β-unsaturated/α-hetero) is 1. The van der Waals surface area contributed by atoms with Crippen LogP contribution in [-0.4, -0.2) is 53.6 Å². The maximum atomic E-state index is 12.8. The van der Waals surface area contributed by atoms with Crippen molar-refractivity contribution >= 4 is 17.6 Å². The number of carbonyl (C=O) groups is 3. The number of hydrogen-bond acceptors (Lipinski definition) is 3. The molecule has 5 heteroatoms. The van der Waals surface area contributed by atoms with Gasteiger partial charge in [-0.15, -0.1) is 0 Å². The fourth-order valence-electron chi connectivity index (χ4n) is 4.09.